The van der Waals surface area contributed by atoms with E-state index in [9.17, 15) is 14.4 Å². The number of aromatic nitrogens is 2. The van der Waals surface area contributed by atoms with Crippen molar-refractivity contribution in [2.75, 3.05) is 0 Å². The van der Waals surface area contributed by atoms with E-state index >= 15 is 0 Å². The lowest BCUT2D eigenvalue weighted by molar-refractivity contribution is -0.117. The zero-order valence-corrected chi connectivity index (χ0v) is 16.5. The SMILES string of the molecule is CCn1nc(C(=O)NNC(=O)/C=C/c2ccc(C)cc2C)c2ccccc2c1=O. The van der Waals surface area contributed by atoms with Gasteiger partial charge in [-0.25, -0.2) is 4.68 Å². The fourth-order valence-electron chi connectivity index (χ4n) is 3.01. The number of nitrogens with one attached hydrogen (secondary N) is 2. The fourth-order valence-corrected chi connectivity index (χ4v) is 3.01. The highest BCUT2D eigenvalue weighted by Gasteiger charge is 2.16. The van der Waals surface area contributed by atoms with Crippen molar-refractivity contribution in [2.24, 2.45) is 0 Å². The Bertz CT molecular complexity index is 1180. The quantitative estimate of drug-likeness (QED) is 0.529. The smallest absolute Gasteiger partial charge is 0.268 e. The van der Waals surface area contributed by atoms with Crippen LogP contribution < -0.4 is 16.4 Å². The Morgan fingerprint density at radius 2 is 1.79 bits per heavy atom. The number of benzene rings is 2. The van der Waals surface area contributed by atoms with Gasteiger partial charge in [0.1, 0.15) is 0 Å². The average molecular weight is 390 g/mol. The first-order valence-electron chi connectivity index (χ1n) is 9.26. The van der Waals surface area contributed by atoms with Crippen molar-refractivity contribution in [3.8, 4) is 0 Å². The van der Waals surface area contributed by atoms with Gasteiger partial charge in [-0.2, -0.15) is 5.10 Å². The van der Waals surface area contributed by atoms with Crippen molar-refractivity contribution < 1.29 is 9.59 Å². The molecule has 0 radical (unpaired) electrons. The van der Waals surface area contributed by atoms with Crippen LogP contribution in [0, 0.1) is 13.8 Å². The summed E-state index contributed by atoms with van der Waals surface area (Å²) in [6, 6.07) is 12.7. The van der Waals surface area contributed by atoms with E-state index in [2.05, 4.69) is 16.0 Å². The summed E-state index contributed by atoms with van der Waals surface area (Å²) in [5.41, 5.74) is 7.62. The van der Waals surface area contributed by atoms with Crippen molar-refractivity contribution in [2.45, 2.75) is 27.3 Å². The molecule has 2 N–H and O–H groups in total. The van der Waals surface area contributed by atoms with Gasteiger partial charge in [0.2, 0.25) is 0 Å². The van der Waals surface area contributed by atoms with Crippen LogP contribution in [0.4, 0.5) is 0 Å². The van der Waals surface area contributed by atoms with Gasteiger partial charge in [0.15, 0.2) is 5.69 Å². The number of amides is 2. The molecule has 0 saturated carbocycles. The minimum atomic E-state index is -0.600. The summed E-state index contributed by atoms with van der Waals surface area (Å²) in [6.07, 6.45) is 3.03. The lowest BCUT2D eigenvalue weighted by Crippen LogP contribution is -2.42. The Balaban J connectivity index is 1.75. The van der Waals surface area contributed by atoms with Gasteiger partial charge < -0.3 is 0 Å². The molecule has 7 nitrogen and oxygen atoms in total. The van der Waals surface area contributed by atoms with E-state index in [-0.39, 0.29) is 11.3 Å². The Kier molecular flexibility index (Phi) is 5.87. The van der Waals surface area contributed by atoms with Gasteiger partial charge >= 0.3 is 0 Å². The molecule has 2 amide bonds. The molecule has 0 atom stereocenters. The van der Waals surface area contributed by atoms with E-state index in [1.165, 1.54) is 10.8 Å². The number of hydrogen-bond donors (Lipinski definition) is 2. The Morgan fingerprint density at radius 3 is 2.48 bits per heavy atom. The number of carbonyl (C=O) groups is 2. The molecule has 148 valence electrons. The number of aryl methyl sites for hydroxylation is 3. The zero-order valence-electron chi connectivity index (χ0n) is 16.5. The molecule has 7 heteroatoms. The van der Waals surface area contributed by atoms with Crippen molar-refractivity contribution in [3.05, 3.63) is 81.3 Å². The summed E-state index contributed by atoms with van der Waals surface area (Å²) in [5, 5.41) is 4.96. The molecule has 3 rings (SSSR count). The van der Waals surface area contributed by atoms with Gasteiger partial charge in [0.05, 0.1) is 5.39 Å². The monoisotopic (exact) mass is 390 g/mol. The van der Waals surface area contributed by atoms with Crippen LogP contribution in [0.1, 0.15) is 34.1 Å². The maximum Gasteiger partial charge on any atom is 0.290 e. The molecule has 0 aliphatic carbocycles. The van der Waals surface area contributed by atoms with E-state index in [0.717, 1.165) is 16.7 Å². The fraction of sp³-hybridized carbons (Fsp3) is 0.182. The van der Waals surface area contributed by atoms with E-state index in [1.54, 1.807) is 37.3 Å². The van der Waals surface area contributed by atoms with Crippen LogP contribution in [0.3, 0.4) is 0 Å². The van der Waals surface area contributed by atoms with Crippen molar-refractivity contribution in [1.82, 2.24) is 20.6 Å². The van der Waals surface area contributed by atoms with Gasteiger partial charge in [0.25, 0.3) is 17.4 Å². The van der Waals surface area contributed by atoms with Crippen LogP contribution in [-0.2, 0) is 11.3 Å². The number of carbonyl (C=O) groups excluding carboxylic acids is 2. The molecule has 0 aliphatic heterocycles. The predicted molar refractivity (Wildman–Crippen MR) is 112 cm³/mol. The van der Waals surface area contributed by atoms with Gasteiger partial charge in [-0.1, -0.05) is 42.0 Å². The Labute approximate surface area is 168 Å². The second-order valence-electron chi connectivity index (χ2n) is 6.65. The number of rotatable bonds is 4. The second kappa shape index (κ2) is 8.52. The molecule has 1 aromatic heterocycles. The number of nitrogens with zero attached hydrogens (tertiary/aromatic N) is 2. The molecule has 0 spiro atoms. The molecular weight excluding hydrogens is 368 g/mol. The topological polar surface area (TPSA) is 93.1 Å². The molecular formula is C22H22N4O3. The molecule has 3 aromatic rings. The van der Waals surface area contributed by atoms with E-state index in [4.69, 9.17) is 0 Å². The third kappa shape index (κ3) is 4.40. The highest BCUT2D eigenvalue weighted by Crippen LogP contribution is 2.13. The third-order valence-electron chi connectivity index (χ3n) is 4.52. The van der Waals surface area contributed by atoms with Crippen LogP contribution in [0.15, 0.2) is 53.3 Å². The van der Waals surface area contributed by atoms with Crippen LogP contribution in [0.25, 0.3) is 16.8 Å². The van der Waals surface area contributed by atoms with Crippen LogP contribution in [0.5, 0.6) is 0 Å². The summed E-state index contributed by atoms with van der Waals surface area (Å²) >= 11 is 0. The first-order chi connectivity index (χ1) is 13.9. The number of hydrogen-bond acceptors (Lipinski definition) is 4. The van der Waals surface area contributed by atoms with Crippen molar-refractivity contribution in [3.63, 3.8) is 0 Å². The molecule has 0 fully saturated rings. The normalized spacial score (nSPS) is 11.0. The standard InChI is InChI=1S/C22H22N4O3/c1-4-26-22(29)18-8-6-5-7-17(18)20(25-26)21(28)24-23-19(27)12-11-16-10-9-14(2)13-15(16)3/h5-13H,4H2,1-3H3,(H,23,27)(H,24,28)/b12-11+. The molecule has 0 bridgehead atoms. The van der Waals surface area contributed by atoms with Gasteiger partial charge in [-0.3, -0.25) is 25.2 Å². The van der Waals surface area contributed by atoms with Crippen LogP contribution in [-0.4, -0.2) is 21.6 Å². The second-order valence-corrected chi connectivity index (χ2v) is 6.65. The lowest BCUT2D eigenvalue weighted by Gasteiger charge is -2.10. The summed E-state index contributed by atoms with van der Waals surface area (Å²) < 4.78 is 1.22. The molecule has 1 heterocycles. The summed E-state index contributed by atoms with van der Waals surface area (Å²) in [5.74, 6) is -1.08. The maximum atomic E-state index is 12.6. The van der Waals surface area contributed by atoms with E-state index in [1.807, 2.05) is 32.0 Å². The van der Waals surface area contributed by atoms with Crippen LogP contribution in [0.2, 0.25) is 0 Å². The summed E-state index contributed by atoms with van der Waals surface area (Å²) in [7, 11) is 0. The molecule has 2 aromatic carbocycles. The van der Waals surface area contributed by atoms with Gasteiger partial charge in [-0.15, -0.1) is 0 Å². The Morgan fingerprint density at radius 1 is 1.07 bits per heavy atom. The third-order valence-corrected chi connectivity index (χ3v) is 4.52. The predicted octanol–water partition coefficient (Wildman–Crippen LogP) is 2.51. The summed E-state index contributed by atoms with van der Waals surface area (Å²) in [4.78, 5) is 37.0. The van der Waals surface area contributed by atoms with Crippen molar-refractivity contribution >= 4 is 28.7 Å². The van der Waals surface area contributed by atoms with Gasteiger partial charge in [-0.05, 0) is 44.0 Å². The molecule has 0 unspecified atom stereocenters. The molecule has 29 heavy (non-hydrogen) atoms. The Hall–Kier alpha value is -3.74. The van der Waals surface area contributed by atoms with Gasteiger partial charge in [0, 0.05) is 18.0 Å². The lowest BCUT2D eigenvalue weighted by atomic mass is 10.1. The first kappa shape index (κ1) is 20.0. The largest absolute Gasteiger partial charge is 0.290 e. The van der Waals surface area contributed by atoms with E-state index < -0.39 is 11.8 Å². The first-order valence-corrected chi connectivity index (χ1v) is 9.26. The highest BCUT2D eigenvalue weighted by atomic mass is 16.2. The van der Waals surface area contributed by atoms with Crippen LogP contribution >= 0.6 is 0 Å². The number of hydrazine groups is 1. The number of fused-ring (bicyclic) bond motifs is 1. The van der Waals surface area contributed by atoms with E-state index in [0.29, 0.717) is 17.3 Å². The maximum absolute atomic E-state index is 12.6. The summed E-state index contributed by atoms with van der Waals surface area (Å²) in [6.45, 7) is 6.06. The highest BCUT2D eigenvalue weighted by molar-refractivity contribution is 6.05. The minimum absolute atomic E-state index is 0.0701. The average Bonchev–Trinajstić information content (AvgIpc) is 2.72. The molecule has 0 aliphatic rings. The minimum Gasteiger partial charge on any atom is -0.268 e. The zero-order chi connectivity index (χ0) is 21.0. The van der Waals surface area contributed by atoms with Crippen molar-refractivity contribution in [1.29, 1.82) is 0 Å². The molecule has 0 saturated heterocycles.